The molecule has 13 heavy (non-hydrogen) atoms. The van der Waals surface area contributed by atoms with Gasteiger partial charge in [-0.3, -0.25) is 0 Å². The molecule has 2 rings (SSSR count). The minimum atomic E-state index is -0.297. The van der Waals surface area contributed by atoms with Crippen LogP contribution in [-0.4, -0.2) is 29.9 Å². The van der Waals surface area contributed by atoms with E-state index in [0.29, 0.717) is 0 Å². The van der Waals surface area contributed by atoms with E-state index in [-0.39, 0.29) is 10.8 Å². The second-order valence-corrected chi connectivity index (χ2v) is 5.69. The largest absolute Gasteiger partial charge is 0.357 e. The number of allylic oxidation sites excluding steroid dienone is 1. The van der Waals surface area contributed by atoms with E-state index in [1.807, 2.05) is 0 Å². The van der Waals surface area contributed by atoms with E-state index >= 15 is 0 Å². The summed E-state index contributed by atoms with van der Waals surface area (Å²) in [5.74, 6) is 0.790. The first-order valence-corrected chi connectivity index (χ1v) is 5.95. The Hall–Kier alpha value is -0.123. The molecule has 0 aromatic rings. The van der Waals surface area contributed by atoms with Crippen LogP contribution in [0.5, 0.6) is 0 Å². The van der Waals surface area contributed by atoms with Crippen molar-refractivity contribution < 1.29 is 9.47 Å². The van der Waals surface area contributed by atoms with Crippen LogP contribution in [0.4, 0.5) is 0 Å². The second kappa shape index (κ2) is 2.94. The number of methoxy groups -OCH3 is 2. The lowest BCUT2D eigenvalue weighted by Gasteiger charge is -2.41. The van der Waals surface area contributed by atoms with Gasteiger partial charge in [0.2, 0.25) is 0 Å². The van der Waals surface area contributed by atoms with E-state index in [4.69, 9.17) is 9.47 Å². The third-order valence-corrected chi connectivity index (χ3v) is 5.77. The summed E-state index contributed by atoms with van der Waals surface area (Å²) in [5, 5.41) is 0. The predicted molar refractivity (Wildman–Crippen MR) is 55.6 cm³/mol. The Morgan fingerprint density at radius 1 is 1.46 bits per heavy atom. The summed E-state index contributed by atoms with van der Waals surface area (Å²) in [4.78, 5) is 0. The van der Waals surface area contributed by atoms with Crippen LogP contribution in [0.15, 0.2) is 12.2 Å². The molecule has 2 atom stereocenters. The molecule has 2 aliphatic rings. The van der Waals surface area contributed by atoms with Crippen molar-refractivity contribution in [3.05, 3.63) is 12.2 Å². The lowest BCUT2D eigenvalue weighted by Crippen LogP contribution is -2.49. The van der Waals surface area contributed by atoms with Crippen LogP contribution in [-0.2, 0) is 9.47 Å². The zero-order valence-electron chi connectivity index (χ0n) is 8.67. The van der Waals surface area contributed by atoms with Crippen molar-refractivity contribution in [1.82, 2.24) is 0 Å². The highest BCUT2D eigenvalue weighted by Crippen LogP contribution is 2.55. The predicted octanol–water partition coefficient (Wildman–Crippen LogP) is 0.655. The molecule has 0 aromatic carbocycles. The Labute approximate surface area is 82.7 Å². The Balaban J connectivity index is 2.28. The highest BCUT2D eigenvalue weighted by atomic mass is 28.1. The number of hydrogen-bond donors (Lipinski definition) is 0. The number of ether oxygens (including phenoxy) is 2. The van der Waals surface area contributed by atoms with Crippen molar-refractivity contribution in [3.8, 4) is 0 Å². The highest BCUT2D eigenvalue weighted by molar-refractivity contribution is 6.14. The van der Waals surface area contributed by atoms with E-state index in [1.165, 1.54) is 19.3 Å². The van der Waals surface area contributed by atoms with Crippen molar-refractivity contribution in [2.45, 2.75) is 24.7 Å². The van der Waals surface area contributed by atoms with Crippen LogP contribution in [0.1, 0.15) is 19.3 Å². The van der Waals surface area contributed by atoms with Gasteiger partial charge in [0.05, 0.1) is 10.2 Å². The molecule has 0 spiro atoms. The maximum absolute atomic E-state index is 5.58. The van der Waals surface area contributed by atoms with Gasteiger partial charge in [-0.2, -0.15) is 0 Å². The number of hydrogen-bond acceptors (Lipinski definition) is 2. The topological polar surface area (TPSA) is 18.5 Å². The Morgan fingerprint density at radius 2 is 2.15 bits per heavy atom. The monoisotopic (exact) mass is 198 g/mol. The lowest BCUT2D eigenvalue weighted by atomic mass is 9.86. The van der Waals surface area contributed by atoms with Crippen molar-refractivity contribution >= 4 is 10.2 Å². The normalized spacial score (nSPS) is 37.5. The summed E-state index contributed by atoms with van der Waals surface area (Å²) in [6.45, 7) is 0. The SMILES string of the molecule is COC([SiH3])(OC)C12C=CC(CC1)C2. The molecule has 3 heteroatoms. The van der Waals surface area contributed by atoms with Gasteiger partial charge in [0.1, 0.15) is 5.41 Å². The molecular weight excluding hydrogens is 180 g/mol. The molecule has 0 saturated heterocycles. The molecule has 0 radical (unpaired) electrons. The molecule has 2 aliphatic carbocycles. The van der Waals surface area contributed by atoms with E-state index in [1.54, 1.807) is 14.2 Å². The summed E-state index contributed by atoms with van der Waals surface area (Å²) in [5.41, 5.74) is -0.0951. The smallest absolute Gasteiger partial charge is 0.149 e. The van der Waals surface area contributed by atoms with Crippen LogP contribution < -0.4 is 0 Å². The van der Waals surface area contributed by atoms with E-state index in [9.17, 15) is 0 Å². The summed E-state index contributed by atoms with van der Waals surface area (Å²) < 4.78 is 11.2. The van der Waals surface area contributed by atoms with Crippen molar-refractivity contribution in [2.75, 3.05) is 14.2 Å². The Morgan fingerprint density at radius 3 is 2.46 bits per heavy atom. The first-order valence-electron chi connectivity index (χ1n) is 4.95. The average molecular weight is 198 g/mol. The second-order valence-electron chi connectivity index (χ2n) is 4.37. The fourth-order valence-corrected chi connectivity index (χ4v) is 3.43. The first-order chi connectivity index (χ1) is 6.16. The van der Waals surface area contributed by atoms with Gasteiger partial charge in [-0.1, -0.05) is 12.2 Å². The van der Waals surface area contributed by atoms with Gasteiger partial charge in [-0.15, -0.1) is 0 Å². The molecule has 1 fully saturated rings. The molecular formula is C10H18O2Si. The molecule has 0 heterocycles. The molecule has 0 amide bonds. The fraction of sp³-hybridized carbons (Fsp3) is 0.800. The van der Waals surface area contributed by atoms with Crippen LogP contribution in [0.3, 0.4) is 0 Å². The zero-order valence-corrected chi connectivity index (χ0v) is 10.7. The van der Waals surface area contributed by atoms with E-state index in [0.717, 1.165) is 16.2 Å². The van der Waals surface area contributed by atoms with E-state index in [2.05, 4.69) is 12.2 Å². The Kier molecular flexibility index (Phi) is 2.13. The van der Waals surface area contributed by atoms with Gasteiger partial charge >= 0.3 is 0 Å². The lowest BCUT2D eigenvalue weighted by molar-refractivity contribution is -0.199. The van der Waals surface area contributed by atoms with Gasteiger partial charge in [-0.25, -0.2) is 0 Å². The summed E-state index contributed by atoms with van der Waals surface area (Å²) in [7, 11) is 4.46. The maximum Gasteiger partial charge on any atom is 0.149 e. The highest BCUT2D eigenvalue weighted by Gasteiger charge is 2.53. The molecule has 74 valence electrons. The number of fused-ring (bicyclic) bond motifs is 2. The standard InChI is InChI=1S/C10H18O2Si/c1-11-10(13,12-2)9-5-3-8(7-9)4-6-9/h3,5,8H,4,6-7H2,1-2,13H3. The van der Waals surface area contributed by atoms with Crippen LogP contribution in [0.2, 0.25) is 0 Å². The molecule has 1 saturated carbocycles. The molecule has 0 aliphatic heterocycles. The van der Waals surface area contributed by atoms with Gasteiger partial charge in [0.25, 0.3) is 0 Å². The third-order valence-electron chi connectivity index (χ3n) is 3.96. The fourth-order valence-electron chi connectivity index (χ4n) is 2.80. The molecule has 0 aromatic heterocycles. The molecule has 0 N–H and O–H groups in total. The van der Waals surface area contributed by atoms with Crippen molar-refractivity contribution in [2.24, 2.45) is 11.3 Å². The molecule has 2 bridgehead atoms. The van der Waals surface area contributed by atoms with Crippen molar-refractivity contribution in [3.63, 3.8) is 0 Å². The Bertz CT molecular complexity index is 235. The first kappa shape index (κ1) is 9.43. The van der Waals surface area contributed by atoms with Crippen LogP contribution in [0.25, 0.3) is 0 Å². The van der Waals surface area contributed by atoms with Gasteiger partial charge in [0.15, 0.2) is 0 Å². The van der Waals surface area contributed by atoms with Crippen molar-refractivity contribution in [1.29, 1.82) is 0 Å². The summed E-state index contributed by atoms with van der Waals surface area (Å²) >= 11 is 0. The minimum absolute atomic E-state index is 0.202. The minimum Gasteiger partial charge on any atom is -0.357 e. The average Bonchev–Trinajstić information content (AvgIpc) is 2.77. The zero-order chi connectivity index (χ0) is 9.53. The molecule has 2 unspecified atom stereocenters. The van der Waals surface area contributed by atoms with Gasteiger partial charge < -0.3 is 9.47 Å². The van der Waals surface area contributed by atoms with Crippen LogP contribution >= 0.6 is 0 Å². The summed E-state index contributed by atoms with van der Waals surface area (Å²) in [6, 6.07) is 0. The number of rotatable bonds is 3. The summed E-state index contributed by atoms with van der Waals surface area (Å²) in [6.07, 6.45) is 8.46. The van der Waals surface area contributed by atoms with E-state index < -0.39 is 0 Å². The third kappa shape index (κ3) is 1.14. The maximum atomic E-state index is 5.58. The molecule has 2 nitrogen and oxygen atoms in total. The van der Waals surface area contributed by atoms with Gasteiger partial charge in [0, 0.05) is 19.6 Å². The van der Waals surface area contributed by atoms with Gasteiger partial charge in [-0.05, 0) is 25.2 Å². The van der Waals surface area contributed by atoms with Crippen LogP contribution in [0, 0.1) is 11.3 Å². The quantitative estimate of drug-likeness (QED) is 0.377.